The predicted octanol–water partition coefficient (Wildman–Crippen LogP) is 5.06. The van der Waals surface area contributed by atoms with Gasteiger partial charge >= 0.3 is 5.97 Å². The average Bonchev–Trinajstić information content (AvgIpc) is 3.37. The van der Waals surface area contributed by atoms with E-state index < -0.39 is 12.0 Å². The Morgan fingerprint density at radius 3 is 2.97 bits per heavy atom. The van der Waals surface area contributed by atoms with Crippen molar-refractivity contribution in [2.24, 2.45) is 0 Å². The van der Waals surface area contributed by atoms with Crippen LogP contribution < -0.4 is 5.32 Å². The largest absolute Gasteiger partial charge is 0.480 e. The summed E-state index contributed by atoms with van der Waals surface area (Å²) in [6, 6.07) is 8.16. The third-order valence-electron chi connectivity index (χ3n) is 7.79. The fourth-order valence-electron chi connectivity index (χ4n) is 5.88. The quantitative estimate of drug-likeness (QED) is 0.432. The van der Waals surface area contributed by atoms with Gasteiger partial charge in [-0.1, -0.05) is 18.2 Å². The van der Waals surface area contributed by atoms with Crippen LogP contribution >= 0.6 is 0 Å². The lowest BCUT2D eigenvalue weighted by atomic mass is 9.91. The summed E-state index contributed by atoms with van der Waals surface area (Å²) in [5.74, 6) is -0.308. The molecule has 0 aliphatic carbocycles. The van der Waals surface area contributed by atoms with Crippen LogP contribution in [-0.4, -0.2) is 59.9 Å². The van der Waals surface area contributed by atoms with Crippen molar-refractivity contribution in [3.05, 3.63) is 58.5 Å². The topological polar surface area (TPSA) is 83.9 Å². The number of nitrogens with zero attached hydrogens (tertiary/aromatic N) is 2. The van der Waals surface area contributed by atoms with Crippen molar-refractivity contribution in [1.82, 2.24) is 9.88 Å². The number of aliphatic carboxylic acids is 1. The molecule has 2 aromatic rings. The van der Waals surface area contributed by atoms with E-state index in [0.717, 1.165) is 69.4 Å². The molecule has 0 amide bonds. The molecule has 3 aliphatic rings. The van der Waals surface area contributed by atoms with Crippen molar-refractivity contribution in [2.45, 2.75) is 76.0 Å². The zero-order valence-corrected chi connectivity index (χ0v) is 21.5. The highest BCUT2D eigenvalue weighted by atomic mass is 19.1. The number of fused-ring (bicyclic) bond motifs is 1. The molecule has 3 atom stereocenters. The Labute approximate surface area is 218 Å². The molecule has 200 valence electrons. The van der Waals surface area contributed by atoms with E-state index in [1.54, 1.807) is 12.1 Å². The molecule has 0 unspecified atom stereocenters. The van der Waals surface area contributed by atoms with Gasteiger partial charge in [0.15, 0.2) is 0 Å². The summed E-state index contributed by atoms with van der Waals surface area (Å²) in [5, 5.41) is 13.5. The molecular weight excluding hydrogens is 473 g/mol. The molecule has 2 fully saturated rings. The normalized spacial score (nSPS) is 22.8. The summed E-state index contributed by atoms with van der Waals surface area (Å²) in [4.78, 5) is 19.1. The molecule has 1 aromatic carbocycles. The van der Waals surface area contributed by atoms with Gasteiger partial charge in [-0.2, -0.15) is 0 Å². The van der Waals surface area contributed by atoms with Crippen molar-refractivity contribution < 1.29 is 23.8 Å². The van der Waals surface area contributed by atoms with E-state index in [1.807, 2.05) is 4.90 Å². The Kier molecular flexibility index (Phi) is 8.69. The molecular formula is C29H38FN3O4. The SMILES string of the molecule is O=C(O)[C@H](c1cccc(F)c1[C@@H]1CCCCO1)N1CC[C@@H](OCCCCc2ccc3c(n2)NCCC3)C1. The van der Waals surface area contributed by atoms with E-state index in [0.29, 0.717) is 43.9 Å². The fraction of sp³-hybridized carbons (Fsp3) is 0.586. The highest BCUT2D eigenvalue weighted by Gasteiger charge is 2.37. The van der Waals surface area contributed by atoms with E-state index in [2.05, 4.69) is 17.4 Å². The standard InChI is InChI=1S/C29H38FN3O4/c30-24-10-5-9-23(26(24)25-11-2-4-18-37-25)27(29(34)35)33-16-14-22(19-33)36-17-3-1-8-21-13-12-20-7-6-15-31-28(20)32-21/h5,9-10,12-13,22,25,27H,1-4,6-8,11,14-19H2,(H,31,32)(H,34,35)/t22-,25+,27+/m1/s1. The minimum absolute atomic E-state index is 0.0177. The summed E-state index contributed by atoms with van der Waals surface area (Å²) >= 11 is 0. The number of aryl methyl sites for hydroxylation is 2. The molecule has 7 nitrogen and oxygen atoms in total. The van der Waals surface area contributed by atoms with Crippen LogP contribution in [0.25, 0.3) is 0 Å². The smallest absolute Gasteiger partial charge is 0.325 e. The van der Waals surface area contributed by atoms with Gasteiger partial charge in [-0.25, -0.2) is 9.37 Å². The van der Waals surface area contributed by atoms with E-state index in [4.69, 9.17) is 14.5 Å². The fourth-order valence-corrected chi connectivity index (χ4v) is 5.88. The molecule has 0 spiro atoms. The first-order valence-electron chi connectivity index (χ1n) is 13.8. The molecule has 37 heavy (non-hydrogen) atoms. The summed E-state index contributed by atoms with van der Waals surface area (Å²) in [6.45, 7) is 3.34. The molecule has 8 heteroatoms. The van der Waals surface area contributed by atoms with Crippen LogP contribution in [0.4, 0.5) is 10.2 Å². The molecule has 0 radical (unpaired) electrons. The van der Waals surface area contributed by atoms with Gasteiger partial charge < -0.3 is 19.9 Å². The maximum absolute atomic E-state index is 14.9. The lowest BCUT2D eigenvalue weighted by Gasteiger charge is -2.30. The second-order valence-corrected chi connectivity index (χ2v) is 10.4. The van der Waals surface area contributed by atoms with Crippen LogP contribution in [0.5, 0.6) is 0 Å². The van der Waals surface area contributed by atoms with Crippen LogP contribution in [0.3, 0.4) is 0 Å². The predicted molar refractivity (Wildman–Crippen MR) is 139 cm³/mol. The van der Waals surface area contributed by atoms with Gasteiger partial charge in [0.1, 0.15) is 17.7 Å². The number of hydrogen-bond acceptors (Lipinski definition) is 6. The molecule has 5 rings (SSSR count). The van der Waals surface area contributed by atoms with Crippen LogP contribution in [-0.2, 0) is 27.1 Å². The van der Waals surface area contributed by atoms with Crippen LogP contribution in [0.2, 0.25) is 0 Å². The Morgan fingerprint density at radius 1 is 1.22 bits per heavy atom. The first-order valence-corrected chi connectivity index (χ1v) is 13.8. The van der Waals surface area contributed by atoms with Crippen molar-refractivity contribution in [3.8, 4) is 0 Å². The van der Waals surface area contributed by atoms with Gasteiger partial charge in [0.25, 0.3) is 0 Å². The second-order valence-electron chi connectivity index (χ2n) is 10.4. The molecule has 4 heterocycles. The molecule has 2 saturated heterocycles. The number of carboxylic acid groups (broad SMARTS) is 1. The number of carboxylic acids is 1. The first kappa shape index (κ1) is 26.1. The summed E-state index contributed by atoms with van der Waals surface area (Å²) in [6.07, 6.45) is 8.08. The Balaban J connectivity index is 1.13. The van der Waals surface area contributed by atoms with Crippen molar-refractivity contribution in [3.63, 3.8) is 0 Å². The van der Waals surface area contributed by atoms with Crippen molar-refractivity contribution in [1.29, 1.82) is 0 Å². The Bertz CT molecular complexity index is 1080. The maximum Gasteiger partial charge on any atom is 0.325 e. The third-order valence-corrected chi connectivity index (χ3v) is 7.79. The lowest BCUT2D eigenvalue weighted by Crippen LogP contribution is -2.35. The number of carbonyl (C=O) groups is 1. The molecule has 0 saturated carbocycles. The van der Waals surface area contributed by atoms with E-state index in [9.17, 15) is 14.3 Å². The molecule has 3 aliphatic heterocycles. The molecule has 0 bridgehead atoms. The number of pyridine rings is 1. The zero-order valence-electron chi connectivity index (χ0n) is 21.5. The summed E-state index contributed by atoms with van der Waals surface area (Å²) in [5.41, 5.74) is 3.33. The zero-order chi connectivity index (χ0) is 25.6. The number of aromatic nitrogens is 1. The Hall–Kier alpha value is -2.55. The van der Waals surface area contributed by atoms with Gasteiger partial charge in [-0.3, -0.25) is 9.69 Å². The van der Waals surface area contributed by atoms with Crippen LogP contribution in [0.15, 0.2) is 30.3 Å². The minimum atomic E-state index is -0.963. The average molecular weight is 512 g/mol. The van der Waals surface area contributed by atoms with Gasteiger partial charge in [0.2, 0.25) is 0 Å². The highest BCUT2D eigenvalue weighted by Crippen LogP contribution is 2.37. The van der Waals surface area contributed by atoms with Gasteiger partial charge in [-0.15, -0.1) is 0 Å². The number of rotatable bonds is 10. The number of hydrogen-bond donors (Lipinski definition) is 2. The summed E-state index contributed by atoms with van der Waals surface area (Å²) < 4.78 is 26.9. The number of ether oxygens (including phenoxy) is 2. The summed E-state index contributed by atoms with van der Waals surface area (Å²) in [7, 11) is 0. The number of halogens is 1. The van der Waals surface area contributed by atoms with E-state index in [-0.39, 0.29) is 18.0 Å². The van der Waals surface area contributed by atoms with Crippen molar-refractivity contribution in [2.75, 3.05) is 38.2 Å². The van der Waals surface area contributed by atoms with Crippen molar-refractivity contribution >= 4 is 11.8 Å². The van der Waals surface area contributed by atoms with Gasteiger partial charge in [-0.05, 0) is 81.0 Å². The monoisotopic (exact) mass is 511 g/mol. The molecule has 1 aromatic heterocycles. The first-order chi connectivity index (χ1) is 18.1. The van der Waals surface area contributed by atoms with E-state index in [1.165, 1.54) is 11.6 Å². The van der Waals surface area contributed by atoms with Gasteiger partial charge in [0, 0.05) is 44.1 Å². The number of nitrogens with one attached hydrogen (secondary N) is 1. The third kappa shape index (κ3) is 6.30. The number of benzene rings is 1. The molecule has 2 N–H and O–H groups in total. The highest BCUT2D eigenvalue weighted by molar-refractivity contribution is 5.76. The van der Waals surface area contributed by atoms with Crippen LogP contribution in [0.1, 0.15) is 79.5 Å². The number of likely N-dealkylation sites (tertiary alicyclic amines) is 1. The second kappa shape index (κ2) is 12.3. The minimum Gasteiger partial charge on any atom is -0.480 e. The number of anilines is 1. The lowest BCUT2D eigenvalue weighted by molar-refractivity contribution is -0.143. The Morgan fingerprint density at radius 2 is 2.14 bits per heavy atom. The van der Waals surface area contributed by atoms with Crippen LogP contribution in [0, 0.1) is 5.82 Å². The maximum atomic E-state index is 14.9. The van der Waals surface area contributed by atoms with E-state index >= 15 is 0 Å². The van der Waals surface area contributed by atoms with Gasteiger partial charge in [0.05, 0.1) is 12.2 Å². The number of unbranched alkanes of at least 4 members (excludes halogenated alkanes) is 1.